The van der Waals surface area contributed by atoms with Gasteiger partial charge in [0, 0.05) is 31.7 Å². The molecule has 2 N–H and O–H groups in total. The molecule has 0 saturated carbocycles. The molecule has 3 aliphatic heterocycles. The zero-order valence-corrected chi connectivity index (χ0v) is 27.6. The van der Waals surface area contributed by atoms with Crippen molar-refractivity contribution in [3.63, 3.8) is 0 Å². The lowest BCUT2D eigenvalue weighted by molar-refractivity contribution is -0.160. The summed E-state index contributed by atoms with van der Waals surface area (Å²) in [4.78, 5) is 58.7. The monoisotopic (exact) mass is 637 g/mol. The molecule has 46 heavy (non-hydrogen) atoms. The molecule has 6 atom stereocenters. The third kappa shape index (κ3) is 7.39. The maximum atomic E-state index is 14.5. The Morgan fingerprint density at radius 2 is 1.87 bits per heavy atom. The molecule has 4 rings (SSSR count). The molecule has 3 heterocycles. The molecule has 0 aliphatic carbocycles. The van der Waals surface area contributed by atoms with Crippen molar-refractivity contribution in [2.24, 2.45) is 11.8 Å². The molecule has 2 bridgehead atoms. The van der Waals surface area contributed by atoms with E-state index in [-0.39, 0.29) is 37.3 Å². The third-order valence-electron chi connectivity index (χ3n) is 9.49. The molecule has 3 aliphatic rings. The lowest BCUT2D eigenvalue weighted by atomic mass is 9.70. The summed E-state index contributed by atoms with van der Waals surface area (Å²) in [5.41, 5.74) is -0.956. The number of nitrogens with one attached hydrogen (secondary N) is 1. The Morgan fingerprint density at radius 3 is 2.52 bits per heavy atom. The van der Waals surface area contributed by atoms with E-state index < -0.39 is 47.2 Å². The number of hydrogen-bond acceptors (Lipinski definition) is 7. The summed E-state index contributed by atoms with van der Waals surface area (Å²) in [6, 6.07) is 8.33. The summed E-state index contributed by atoms with van der Waals surface area (Å²) >= 11 is 0. The van der Waals surface area contributed by atoms with Crippen LogP contribution in [0.1, 0.15) is 83.8 Å². The molecule has 10 heteroatoms. The minimum atomic E-state index is -1.14. The predicted octanol–water partition coefficient (Wildman–Crippen LogP) is 4.09. The summed E-state index contributed by atoms with van der Waals surface area (Å²) in [5, 5.41) is 12.1. The number of ether oxygens (including phenoxy) is 2. The van der Waals surface area contributed by atoms with Crippen molar-refractivity contribution in [1.29, 1.82) is 0 Å². The number of hydrogen-bond donors (Lipinski definition) is 2. The van der Waals surface area contributed by atoms with Gasteiger partial charge in [-0.1, -0.05) is 55.3 Å². The van der Waals surface area contributed by atoms with Gasteiger partial charge in [-0.15, -0.1) is 13.2 Å². The number of amides is 3. The van der Waals surface area contributed by atoms with Crippen LogP contribution < -0.4 is 5.32 Å². The van der Waals surface area contributed by atoms with Crippen molar-refractivity contribution in [3.05, 3.63) is 61.2 Å². The number of aliphatic hydroxyl groups is 1. The van der Waals surface area contributed by atoms with E-state index in [1.54, 1.807) is 22.0 Å². The molecule has 252 valence electrons. The Labute approximate surface area is 273 Å². The van der Waals surface area contributed by atoms with Crippen LogP contribution in [0.3, 0.4) is 0 Å². The van der Waals surface area contributed by atoms with E-state index in [4.69, 9.17) is 9.47 Å². The number of carbonyl (C=O) groups excluding carboxylic acids is 4. The quantitative estimate of drug-likeness (QED) is 0.150. The van der Waals surface area contributed by atoms with Gasteiger partial charge in [-0.05, 0) is 58.4 Å². The van der Waals surface area contributed by atoms with E-state index in [9.17, 15) is 24.3 Å². The SMILES string of the molecule is C=CCCC(=O)NC[C@@H](OC(=O)[C@@H]1[C@H]2C(=O)N(CCCCCCO)[C@H](C(=O)N(CC=C)C(C)(C)C)[C@]23CC[C@H]1O3)c1ccccc1. The normalized spacial score (nSPS) is 25.6. The average molecular weight is 638 g/mol. The lowest BCUT2D eigenvalue weighted by Crippen LogP contribution is -2.59. The van der Waals surface area contributed by atoms with Gasteiger partial charge < -0.3 is 29.7 Å². The predicted molar refractivity (Wildman–Crippen MR) is 174 cm³/mol. The van der Waals surface area contributed by atoms with Crippen LogP contribution in [0.15, 0.2) is 55.6 Å². The van der Waals surface area contributed by atoms with E-state index in [1.807, 2.05) is 51.1 Å². The number of fused-ring (bicyclic) bond motifs is 1. The van der Waals surface area contributed by atoms with Gasteiger partial charge in [0.25, 0.3) is 0 Å². The molecule has 0 unspecified atom stereocenters. The first-order chi connectivity index (χ1) is 22.0. The number of allylic oxidation sites excluding steroid dienone is 1. The summed E-state index contributed by atoms with van der Waals surface area (Å²) < 4.78 is 12.7. The molecular formula is C36H51N3O7. The van der Waals surface area contributed by atoms with Crippen molar-refractivity contribution in [2.75, 3.05) is 26.2 Å². The number of aliphatic hydroxyl groups excluding tert-OH is 1. The lowest BCUT2D eigenvalue weighted by Gasteiger charge is -2.42. The second kappa shape index (κ2) is 15.4. The molecule has 0 radical (unpaired) electrons. The van der Waals surface area contributed by atoms with Gasteiger partial charge in [-0.3, -0.25) is 19.2 Å². The zero-order chi connectivity index (χ0) is 33.5. The van der Waals surface area contributed by atoms with Gasteiger partial charge >= 0.3 is 5.97 Å². The maximum Gasteiger partial charge on any atom is 0.313 e. The molecule has 1 aromatic carbocycles. The number of benzene rings is 1. The number of rotatable bonds is 17. The highest BCUT2D eigenvalue weighted by atomic mass is 16.6. The number of esters is 1. The van der Waals surface area contributed by atoms with Gasteiger partial charge in [-0.25, -0.2) is 0 Å². The highest BCUT2D eigenvalue weighted by molar-refractivity contribution is 5.98. The van der Waals surface area contributed by atoms with Crippen LogP contribution in [0.25, 0.3) is 0 Å². The topological polar surface area (TPSA) is 125 Å². The fourth-order valence-corrected chi connectivity index (χ4v) is 7.30. The van der Waals surface area contributed by atoms with Crippen LogP contribution in [0.2, 0.25) is 0 Å². The number of unbranched alkanes of at least 4 members (excludes halogenated alkanes) is 3. The fraction of sp³-hybridized carbons (Fsp3) is 0.611. The van der Waals surface area contributed by atoms with E-state index in [0.29, 0.717) is 45.2 Å². The molecule has 1 spiro atoms. The number of nitrogens with zero attached hydrogens (tertiary/aromatic N) is 2. The third-order valence-corrected chi connectivity index (χ3v) is 9.49. The number of likely N-dealkylation sites (tertiary alicyclic amines) is 1. The summed E-state index contributed by atoms with van der Waals surface area (Å²) in [5.74, 6) is -2.93. The Kier molecular flexibility index (Phi) is 11.8. The van der Waals surface area contributed by atoms with Gasteiger partial charge in [0.2, 0.25) is 17.7 Å². The van der Waals surface area contributed by atoms with Crippen molar-refractivity contribution < 1.29 is 33.8 Å². The van der Waals surface area contributed by atoms with E-state index in [2.05, 4.69) is 18.5 Å². The second-order valence-corrected chi connectivity index (χ2v) is 13.6. The molecule has 0 aromatic heterocycles. The molecule has 1 aromatic rings. The van der Waals surface area contributed by atoms with Crippen LogP contribution in [0, 0.1) is 11.8 Å². The first-order valence-electron chi connectivity index (χ1n) is 16.6. The Hall–Kier alpha value is -3.50. The smallest absolute Gasteiger partial charge is 0.313 e. The summed E-state index contributed by atoms with van der Waals surface area (Å²) in [6.45, 7) is 14.2. The maximum absolute atomic E-state index is 14.5. The first kappa shape index (κ1) is 35.4. The van der Waals surface area contributed by atoms with Gasteiger partial charge in [0.15, 0.2) is 0 Å². The molecule has 3 fully saturated rings. The highest BCUT2D eigenvalue weighted by Gasteiger charge is 2.75. The minimum Gasteiger partial charge on any atom is -0.455 e. The van der Waals surface area contributed by atoms with Crippen molar-refractivity contribution >= 4 is 23.7 Å². The first-order valence-corrected chi connectivity index (χ1v) is 16.6. The van der Waals surface area contributed by atoms with Crippen molar-refractivity contribution in [3.8, 4) is 0 Å². The molecule has 3 amide bonds. The molecular weight excluding hydrogens is 586 g/mol. The largest absolute Gasteiger partial charge is 0.455 e. The fourth-order valence-electron chi connectivity index (χ4n) is 7.30. The highest BCUT2D eigenvalue weighted by Crippen LogP contribution is 2.59. The van der Waals surface area contributed by atoms with E-state index >= 15 is 0 Å². The van der Waals surface area contributed by atoms with E-state index in [1.165, 1.54) is 0 Å². The summed E-state index contributed by atoms with van der Waals surface area (Å²) in [6.07, 6.45) is 6.82. The van der Waals surface area contributed by atoms with Crippen LogP contribution in [0.4, 0.5) is 0 Å². The minimum absolute atomic E-state index is 0.0803. The Morgan fingerprint density at radius 1 is 1.15 bits per heavy atom. The van der Waals surface area contributed by atoms with Crippen LogP contribution in [0.5, 0.6) is 0 Å². The van der Waals surface area contributed by atoms with Crippen molar-refractivity contribution in [1.82, 2.24) is 15.1 Å². The molecule has 3 saturated heterocycles. The zero-order valence-electron chi connectivity index (χ0n) is 27.6. The van der Waals surface area contributed by atoms with Crippen LogP contribution >= 0.6 is 0 Å². The van der Waals surface area contributed by atoms with Crippen molar-refractivity contribution in [2.45, 2.75) is 102 Å². The standard InChI is InChI=1S/C36H51N3O7/c1-6-8-18-28(41)37-24-27(25-16-12-11-13-17-25)45-34(44)29-26-19-20-36(46-26)30(29)32(42)38(22-14-9-10-15-23-40)31(36)33(43)39(21-7-2)35(3,4)5/h6-7,11-13,16-17,26-27,29-31,40H,1-2,8-10,14-15,18-24H2,3-5H3,(H,37,41)/t26-,27-,29+,30+,31-,36+/m1/s1. The van der Waals surface area contributed by atoms with Gasteiger partial charge in [0.1, 0.15) is 17.7 Å². The Balaban J connectivity index is 1.62. The van der Waals surface area contributed by atoms with Crippen LogP contribution in [-0.4, -0.2) is 88.1 Å². The van der Waals surface area contributed by atoms with E-state index in [0.717, 1.165) is 18.4 Å². The second-order valence-electron chi connectivity index (χ2n) is 13.6. The molecule has 10 nitrogen and oxygen atoms in total. The van der Waals surface area contributed by atoms with Gasteiger partial charge in [-0.2, -0.15) is 0 Å². The summed E-state index contributed by atoms with van der Waals surface area (Å²) in [7, 11) is 0. The number of carbonyl (C=O) groups is 4. The Bertz CT molecular complexity index is 1260. The van der Waals surface area contributed by atoms with Crippen LogP contribution in [-0.2, 0) is 28.7 Å². The average Bonchev–Trinajstić information content (AvgIpc) is 3.67. The van der Waals surface area contributed by atoms with Gasteiger partial charge in [0.05, 0.1) is 24.5 Å².